The molecule has 3 rings (SSSR count). The van der Waals surface area contributed by atoms with Gasteiger partial charge in [0.15, 0.2) is 0 Å². The number of nitrogen functional groups attached to an aromatic ring is 2. The van der Waals surface area contributed by atoms with E-state index in [1.165, 1.54) is 0 Å². The van der Waals surface area contributed by atoms with Gasteiger partial charge in [0, 0.05) is 18.2 Å². The van der Waals surface area contributed by atoms with E-state index < -0.39 is 5.92 Å². The Hall–Kier alpha value is -1.98. The van der Waals surface area contributed by atoms with Crippen LogP contribution in [0.3, 0.4) is 0 Å². The quantitative estimate of drug-likeness (QED) is 0.790. The highest BCUT2D eigenvalue weighted by Crippen LogP contribution is 2.43. The van der Waals surface area contributed by atoms with Gasteiger partial charge in [-0.05, 0) is 37.3 Å². The third-order valence-corrected chi connectivity index (χ3v) is 4.21. The van der Waals surface area contributed by atoms with Crippen molar-refractivity contribution in [2.24, 2.45) is 0 Å². The van der Waals surface area contributed by atoms with Crippen LogP contribution in [0.15, 0.2) is 12.1 Å². The minimum Gasteiger partial charge on any atom is -0.397 e. The van der Waals surface area contributed by atoms with Gasteiger partial charge in [0.1, 0.15) is 11.6 Å². The average molecular weight is 292 g/mol. The number of benzene rings is 1. The van der Waals surface area contributed by atoms with Crippen molar-refractivity contribution in [3.05, 3.63) is 23.5 Å². The summed E-state index contributed by atoms with van der Waals surface area (Å²) in [6.07, 6.45) is 0.713. The number of nitrogens with two attached hydrogens (primary N) is 2. The summed E-state index contributed by atoms with van der Waals surface area (Å²) < 4.78 is 26.7. The summed E-state index contributed by atoms with van der Waals surface area (Å²) in [5.74, 6) is -1.56. The highest BCUT2D eigenvalue weighted by molar-refractivity contribution is 5.98. The van der Waals surface area contributed by atoms with E-state index in [1.807, 2.05) is 6.07 Å². The molecule has 0 atom stereocenters. The van der Waals surface area contributed by atoms with E-state index in [0.29, 0.717) is 35.7 Å². The van der Waals surface area contributed by atoms with Gasteiger partial charge in [-0.3, -0.25) is 0 Å². The maximum Gasteiger partial charge on any atom is 0.248 e. The lowest BCUT2D eigenvalue weighted by molar-refractivity contribution is -0.0381. The fraction of sp³-hybridized carbons (Fsp3) is 0.467. The zero-order valence-electron chi connectivity index (χ0n) is 11.9. The van der Waals surface area contributed by atoms with Gasteiger partial charge in [-0.2, -0.15) is 0 Å². The normalized spacial score (nSPS) is 19.0. The Balaban J connectivity index is 2.10. The van der Waals surface area contributed by atoms with Crippen LogP contribution in [0, 0.1) is 6.92 Å². The highest BCUT2D eigenvalue weighted by atomic mass is 19.3. The molecule has 1 aliphatic carbocycles. The summed E-state index contributed by atoms with van der Waals surface area (Å²) in [7, 11) is 0. The molecule has 0 bridgehead atoms. The summed E-state index contributed by atoms with van der Waals surface area (Å²) in [5, 5.41) is 0.718. The minimum absolute atomic E-state index is 0.0568. The lowest BCUT2D eigenvalue weighted by Crippen LogP contribution is -2.24. The number of rotatable bonds is 1. The molecule has 0 saturated heterocycles. The van der Waals surface area contributed by atoms with E-state index in [0.717, 1.165) is 10.9 Å². The fourth-order valence-electron chi connectivity index (χ4n) is 3.12. The first-order chi connectivity index (χ1) is 9.87. The van der Waals surface area contributed by atoms with Crippen molar-refractivity contribution in [2.75, 3.05) is 11.5 Å². The first-order valence-electron chi connectivity index (χ1n) is 7.07. The molecule has 112 valence electrons. The molecular weight excluding hydrogens is 274 g/mol. The number of nitrogens with zero attached hydrogens (tertiary/aromatic N) is 2. The summed E-state index contributed by atoms with van der Waals surface area (Å²) in [4.78, 5) is 8.55. The van der Waals surface area contributed by atoms with E-state index in [1.54, 1.807) is 13.0 Å². The zero-order valence-corrected chi connectivity index (χ0v) is 11.9. The van der Waals surface area contributed by atoms with Gasteiger partial charge in [-0.1, -0.05) is 6.07 Å². The molecule has 0 amide bonds. The van der Waals surface area contributed by atoms with Crippen molar-refractivity contribution in [1.29, 1.82) is 0 Å². The number of hydrogen-bond acceptors (Lipinski definition) is 4. The number of anilines is 2. The Labute approximate surface area is 121 Å². The minimum atomic E-state index is -2.54. The zero-order chi connectivity index (χ0) is 15.2. The Morgan fingerprint density at radius 1 is 1.14 bits per heavy atom. The van der Waals surface area contributed by atoms with Crippen molar-refractivity contribution in [2.45, 2.75) is 44.4 Å². The molecule has 0 unspecified atom stereocenters. The SMILES string of the molecule is Cc1nc(N)c2c(C3CCC(F)(F)CC3)ccc(N)c2n1. The highest BCUT2D eigenvalue weighted by Gasteiger charge is 2.36. The Kier molecular flexibility index (Phi) is 3.19. The summed E-state index contributed by atoms with van der Waals surface area (Å²) in [5.41, 5.74) is 14.1. The maximum atomic E-state index is 13.3. The average Bonchev–Trinajstić information content (AvgIpc) is 2.40. The number of hydrogen-bond donors (Lipinski definition) is 2. The number of aryl methyl sites for hydroxylation is 1. The van der Waals surface area contributed by atoms with Crippen LogP contribution in [0.25, 0.3) is 10.9 Å². The van der Waals surface area contributed by atoms with Gasteiger partial charge in [0.05, 0.1) is 11.2 Å². The van der Waals surface area contributed by atoms with Crippen molar-refractivity contribution >= 4 is 22.4 Å². The molecule has 1 aromatic heterocycles. The molecule has 1 heterocycles. The summed E-state index contributed by atoms with van der Waals surface area (Å²) >= 11 is 0. The van der Waals surface area contributed by atoms with Crippen molar-refractivity contribution in [3.63, 3.8) is 0 Å². The largest absolute Gasteiger partial charge is 0.397 e. The van der Waals surface area contributed by atoms with Crippen LogP contribution in [0.1, 0.15) is 43.0 Å². The Morgan fingerprint density at radius 2 is 1.81 bits per heavy atom. The molecule has 1 aromatic carbocycles. The Morgan fingerprint density at radius 3 is 2.48 bits per heavy atom. The molecule has 1 saturated carbocycles. The summed E-state index contributed by atoms with van der Waals surface area (Å²) in [6.45, 7) is 1.75. The second kappa shape index (κ2) is 4.79. The third kappa shape index (κ3) is 2.50. The third-order valence-electron chi connectivity index (χ3n) is 4.21. The van der Waals surface area contributed by atoms with Crippen LogP contribution in [-0.2, 0) is 0 Å². The number of fused-ring (bicyclic) bond motifs is 1. The topological polar surface area (TPSA) is 77.8 Å². The van der Waals surface area contributed by atoms with Gasteiger partial charge >= 0.3 is 0 Å². The number of halogens is 2. The van der Waals surface area contributed by atoms with Crippen LogP contribution in [0.4, 0.5) is 20.3 Å². The molecular formula is C15H18F2N4. The van der Waals surface area contributed by atoms with Gasteiger partial charge in [0.25, 0.3) is 0 Å². The predicted molar refractivity (Wildman–Crippen MR) is 79.3 cm³/mol. The van der Waals surface area contributed by atoms with Crippen molar-refractivity contribution in [1.82, 2.24) is 9.97 Å². The van der Waals surface area contributed by atoms with Gasteiger partial charge in [-0.25, -0.2) is 18.7 Å². The second-order valence-electron chi connectivity index (χ2n) is 5.75. The van der Waals surface area contributed by atoms with E-state index in [4.69, 9.17) is 11.5 Å². The molecule has 0 radical (unpaired) electrons. The molecule has 4 nitrogen and oxygen atoms in total. The van der Waals surface area contributed by atoms with E-state index in [-0.39, 0.29) is 18.8 Å². The molecule has 1 aliphatic rings. The molecule has 1 fully saturated rings. The van der Waals surface area contributed by atoms with E-state index >= 15 is 0 Å². The van der Waals surface area contributed by atoms with E-state index in [2.05, 4.69) is 9.97 Å². The van der Waals surface area contributed by atoms with Gasteiger partial charge < -0.3 is 11.5 Å². The first-order valence-corrected chi connectivity index (χ1v) is 7.07. The molecule has 0 spiro atoms. The van der Waals surface area contributed by atoms with Crippen LogP contribution in [0.2, 0.25) is 0 Å². The first kappa shape index (κ1) is 14.0. The second-order valence-corrected chi connectivity index (χ2v) is 5.75. The van der Waals surface area contributed by atoms with Gasteiger partial charge in [0.2, 0.25) is 5.92 Å². The predicted octanol–water partition coefficient (Wildman–Crippen LogP) is 3.40. The fourth-order valence-corrected chi connectivity index (χ4v) is 3.12. The van der Waals surface area contributed by atoms with Crippen LogP contribution < -0.4 is 11.5 Å². The van der Waals surface area contributed by atoms with E-state index in [9.17, 15) is 8.78 Å². The molecule has 4 N–H and O–H groups in total. The van der Waals surface area contributed by atoms with Crippen molar-refractivity contribution < 1.29 is 8.78 Å². The summed E-state index contributed by atoms with van der Waals surface area (Å²) in [6, 6.07) is 3.65. The monoisotopic (exact) mass is 292 g/mol. The van der Waals surface area contributed by atoms with Gasteiger partial charge in [-0.15, -0.1) is 0 Å². The molecule has 2 aromatic rings. The van der Waals surface area contributed by atoms with Crippen LogP contribution in [-0.4, -0.2) is 15.9 Å². The molecule has 21 heavy (non-hydrogen) atoms. The Bertz CT molecular complexity index is 690. The van der Waals surface area contributed by atoms with Crippen LogP contribution in [0.5, 0.6) is 0 Å². The molecule has 6 heteroatoms. The number of aromatic nitrogens is 2. The smallest absolute Gasteiger partial charge is 0.248 e. The lowest BCUT2D eigenvalue weighted by Gasteiger charge is -2.29. The lowest BCUT2D eigenvalue weighted by atomic mass is 9.81. The molecule has 0 aliphatic heterocycles. The van der Waals surface area contributed by atoms with Crippen molar-refractivity contribution in [3.8, 4) is 0 Å². The maximum absolute atomic E-state index is 13.3. The standard InChI is InChI=1S/C15H18F2N4/c1-8-20-13-11(18)3-2-10(12(13)14(19)21-8)9-4-6-15(16,17)7-5-9/h2-3,9H,4-7,18H2,1H3,(H2,19,20,21). The van der Waals surface area contributed by atoms with Crippen LogP contribution >= 0.6 is 0 Å². The number of alkyl halides is 2.